The molecule has 0 unspecified atom stereocenters. The number of aryl methyl sites for hydroxylation is 2. The van der Waals surface area contributed by atoms with E-state index in [1.165, 1.54) is 11.1 Å². The van der Waals surface area contributed by atoms with Crippen LogP contribution in [0.2, 0.25) is 0 Å². The molecule has 0 aliphatic rings. The highest BCUT2D eigenvalue weighted by molar-refractivity contribution is 5.90. The molecule has 0 fully saturated rings. The van der Waals surface area contributed by atoms with Crippen LogP contribution in [0.3, 0.4) is 0 Å². The van der Waals surface area contributed by atoms with E-state index in [-0.39, 0.29) is 18.3 Å². The van der Waals surface area contributed by atoms with Gasteiger partial charge in [-0.15, -0.1) is 12.4 Å². The Morgan fingerprint density at radius 3 is 2.38 bits per heavy atom. The molecule has 0 bridgehead atoms. The van der Waals surface area contributed by atoms with Crippen molar-refractivity contribution in [2.24, 2.45) is 5.73 Å². The second-order valence-electron chi connectivity index (χ2n) is 5.55. The average molecular weight is 349 g/mol. The second kappa shape index (κ2) is 10.7. The highest BCUT2D eigenvalue weighted by Gasteiger charge is 2.03. The number of nitrogens with two attached hydrogens (primary N) is 1. The third-order valence-corrected chi connectivity index (χ3v) is 3.51. The first-order chi connectivity index (χ1) is 11.2. The van der Waals surface area contributed by atoms with Gasteiger partial charge in [0.05, 0.1) is 0 Å². The number of hydrogen-bond acceptors (Lipinski definition) is 3. The molecular formula is C19H25ClN2O2. The summed E-state index contributed by atoms with van der Waals surface area (Å²) in [6, 6.07) is 15.8. The predicted octanol–water partition coefficient (Wildman–Crippen LogP) is 3.72. The van der Waals surface area contributed by atoms with Crippen molar-refractivity contribution in [1.82, 2.24) is 0 Å². The Hall–Kier alpha value is -2.04. The van der Waals surface area contributed by atoms with Gasteiger partial charge in [-0.3, -0.25) is 4.79 Å². The van der Waals surface area contributed by atoms with Crippen LogP contribution in [0.4, 0.5) is 5.69 Å². The normalized spacial score (nSPS) is 9.92. The molecule has 1 amide bonds. The Balaban J connectivity index is 0.00000288. The van der Waals surface area contributed by atoms with E-state index in [0.29, 0.717) is 19.6 Å². The zero-order chi connectivity index (χ0) is 16.5. The largest absolute Gasteiger partial charge is 0.492 e. The summed E-state index contributed by atoms with van der Waals surface area (Å²) in [7, 11) is 0. The van der Waals surface area contributed by atoms with Gasteiger partial charge in [-0.25, -0.2) is 0 Å². The standard InChI is InChI=1S/C19H24N2O2.ClH/c1-15-5-7-16(8-6-15)3-2-4-19(22)21-17-9-11-18(12-10-17)23-14-13-20;/h5-12H,2-4,13-14,20H2,1H3,(H,21,22);1H. The second-order valence-corrected chi connectivity index (χ2v) is 5.55. The van der Waals surface area contributed by atoms with Gasteiger partial charge in [-0.05, 0) is 49.6 Å². The first-order valence-electron chi connectivity index (χ1n) is 7.96. The van der Waals surface area contributed by atoms with Crippen molar-refractivity contribution in [3.05, 3.63) is 59.7 Å². The third kappa shape index (κ3) is 7.02. The van der Waals surface area contributed by atoms with Gasteiger partial charge in [0, 0.05) is 18.7 Å². The fraction of sp³-hybridized carbons (Fsp3) is 0.316. The Morgan fingerprint density at radius 2 is 1.75 bits per heavy atom. The minimum Gasteiger partial charge on any atom is -0.492 e. The molecule has 0 atom stereocenters. The zero-order valence-electron chi connectivity index (χ0n) is 14.0. The predicted molar refractivity (Wildman–Crippen MR) is 101 cm³/mol. The van der Waals surface area contributed by atoms with E-state index in [4.69, 9.17) is 10.5 Å². The molecule has 0 aliphatic carbocycles. The highest BCUT2D eigenvalue weighted by atomic mass is 35.5. The summed E-state index contributed by atoms with van der Waals surface area (Å²) in [5.74, 6) is 0.792. The van der Waals surface area contributed by atoms with Crippen LogP contribution < -0.4 is 15.8 Å². The monoisotopic (exact) mass is 348 g/mol. The topological polar surface area (TPSA) is 64.3 Å². The van der Waals surface area contributed by atoms with Crippen molar-refractivity contribution in [3.63, 3.8) is 0 Å². The summed E-state index contributed by atoms with van der Waals surface area (Å²) < 4.78 is 5.40. The molecule has 130 valence electrons. The molecule has 0 aromatic heterocycles. The summed E-state index contributed by atoms with van der Waals surface area (Å²) in [6.45, 7) is 3.05. The number of ether oxygens (including phenoxy) is 1. The lowest BCUT2D eigenvalue weighted by molar-refractivity contribution is -0.116. The number of carbonyl (C=O) groups excluding carboxylic acids is 1. The molecule has 2 rings (SSSR count). The molecule has 2 aromatic rings. The molecule has 3 N–H and O–H groups in total. The number of halogens is 1. The molecule has 24 heavy (non-hydrogen) atoms. The van der Waals surface area contributed by atoms with Gasteiger partial charge >= 0.3 is 0 Å². The number of rotatable bonds is 8. The summed E-state index contributed by atoms with van der Waals surface area (Å²) in [4.78, 5) is 12.0. The fourth-order valence-corrected chi connectivity index (χ4v) is 2.24. The van der Waals surface area contributed by atoms with Crippen molar-refractivity contribution in [2.45, 2.75) is 26.2 Å². The number of hydrogen-bond donors (Lipinski definition) is 2. The summed E-state index contributed by atoms with van der Waals surface area (Å²) >= 11 is 0. The summed E-state index contributed by atoms with van der Waals surface area (Å²) in [5.41, 5.74) is 8.69. The highest BCUT2D eigenvalue weighted by Crippen LogP contribution is 2.16. The van der Waals surface area contributed by atoms with Gasteiger partial charge < -0.3 is 15.8 Å². The molecule has 0 heterocycles. The smallest absolute Gasteiger partial charge is 0.224 e. The molecule has 4 nitrogen and oxygen atoms in total. The van der Waals surface area contributed by atoms with Gasteiger partial charge in [0.2, 0.25) is 5.91 Å². The van der Waals surface area contributed by atoms with E-state index in [1.54, 1.807) is 0 Å². The lowest BCUT2D eigenvalue weighted by atomic mass is 10.1. The van der Waals surface area contributed by atoms with Crippen LogP contribution in [0, 0.1) is 6.92 Å². The van der Waals surface area contributed by atoms with Gasteiger partial charge in [0.1, 0.15) is 12.4 Å². The number of carbonyl (C=O) groups is 1. The molecule has 0 radical (unpaired) electrons. The van der Waals surface area contributed by atoms with Crippen molar-refractivity contribution in [2.75, 3.05) is 18.5 Å². The van der Waals surface area contributed by atoms with Crippen molar-refractivity contribution in [1.29, 1.82) is 0 Å². The van der Waals surface area contributed by atoms with E-state index in [0.717, 1.165) is 24.3 Å². The molecule has 2 aromatic carbocycles. The van der Waals surface area contributed by atoms with E-state index >= 15 is 0 Å². The van der Waals surface area contributed by atoms with Gasteiger partial charge in [-0.2, -0.15) is 0 Å². The Bertz CT molecular complexity index is 612. The molecule has 0 saturated heterocycles. The Labute approximate surface area is 149 Å². The van der Waals surface area contributed by atoms with Gasteiger partial charge in [-0.1, -0.05) is 29.8 Å². The Morgan fingerprint density at radius 1 is 1.08 bits per heavy atom. The molecule has 0 aliphatic heterocycles. The van der Waals surface area contributed by atoms with Crippen molar-refractivity contribution in [3.8, 4) is 5.75 Å². The average Bonchev–Trinajstić information content (AvgIpc) is 2.56. The SMILES string of the molecule is Cc1ccc(CCCC(=O)Nc2ccc(OCCN)cc2)cc1.Cl. The van der Waals surface area contributed by atoms with E-state index in [1.807, 2.05) is 24.3 Å². The maximum Gasteiger partial charge on any atom is 0.224 e. The number of benzene rings is 2. The van der Waals surface area contributed by atoms with Crippen LogP contribution in [0.25, 0.3) is 0 Å². The lowest BCUT2D eigenvalue weighted by Crippen LogP contribution is -2.12. The first-order valence-corrected chi connectivity index (χ1v) is 7.96. The van der Waals surface area contributed by atoms with Gasteiger partial charge in [0.15, 0.2) is 0 Å². The van der Waals surface area contributed by atoms with Crippen LogP contribution in [-0.2, 0) is 11.2 Å². The Kier molecular flexibility index (Phi) is 8.90. The molecule has 0 spiro atoms. The van der Waals surface area contributed by atoms with Crippen LogP contribution in [0.15, 0.2) is 48.5 Å². The number of amides is 1. The van der Waals surface area contributed by atoms with E-state index < -0.39 is 0 Å². The van der Waals surface area contributed by atoms with Crippen LogP contribution in [-0.4, -0.2) is 19.1 Å². The van der Waals surface area contributed by atoms with E-state index in [9.17, 15) is 4.79 Å². The first kappa shape index (κ1) is 20.0. The van der Waals surface area contributed by atoms with Crippen LogP contribution >= 0.6 is 12.4 Å². The van der Waals surface area contributed by atoms with Crippen molar-refractivity contribution >= 4 is 24.0 Å². The summed E-state index contributed by atoms with van der Waals surface area (Å²) in [5, 5.41) is 2.90. The fourth-order valence-electron chi connectivity index (χ4n) is 2.24. The maximum atomic E-state index is 12.0. The summed E-state index contributed by atoms with van der Waals surface area (Å²) in [6.07, 6.45) is 2.27. The minimum absolute atomic E-state index is 0. The number of anilines is 1. The number of nitrogens with one attached hydrogen (secondary N) is 1. The minimum atomic E-state index is 0. The van der Waals surface area contributed by atoms with Crippen molar-refractivity contribution < 1.29 is 9.53 Å². The third-order valence-electron chi connectivity index (χ3n) is 3.51. The maximum absolute atomic E-state index is 12.0. The van der Waals surface area contributed by atoms with Crippen LogP contribution in [0.5, 0.6) is 5.75 Å². The van der Waals surface area contributed by atoms with E-state index in [2.05, 4.69) is 36.5 Å². The van der Waals surface area contributed by atoms with Crippen LogP contribution in [0.1, 0.15) is 24.0 Å². The molecule has 0 saturated carbocycles. The van der Waals surface area contributed by atoms with Gasteiger partial charge in [0.25, 0.3) is 0 Å². The lowest BCUT2D eigenvalue weighted by Gasteiger charge is -2.08. The quantitative estimate of drug-likeness (QED) is 0.764. The molecular weight excluding hydrogens is 324 g/mol. The molecule has 5 heteroatoms. The zero-order valence-corrected chi connectivity index (χ0v) is 14.8.